The number of rotatable bonds is 1. The van der Waals surface area contributed by atoms with Crippen molar-refractivity contribution in [2.75, 3.05) is 19.6 Å². The molecule has 3 nitrogen and oxygen atoms in total. The number of nitrogens with one attached hydrogen (secondary N) is 1. The molecular weight excluding hydrogens is 150 g/mol. The highest BCUT2D eigenvalue weighted by atomic mass is 15.5. The summed E-state index contributed by atoms with van der Waals surface area (Å²) in [5.41, 5.74) is 1.21. The summed E-state index contributed by atoms with van der Waals surface area (Å²) in [7, 11) is 0. The largest absolute Gasteiger partial charge is 0.309 e. The molecule has 1 rings (SSSR count). The Kier molecular flexibility index (Phi) is 6.38. The van der Waals surface area contributed by atoms with Gasteiger partial charge in [-0.15, -0.1) is 0 Å². The van der Waals surface area contributed by atoms with Crippen LogP contribution in [0.2, 0.25) is 0 Å². The molecule has 0 atom stereocenters. The fourth-order valence-corrected chi connectivity index (χ4v) is 1.05. The van der Waals surface area contributed by atoms with Gasteiger partial charge in [0.2, 0.25) is 0 Å². The van der Waals surface area contributed by atoms with Crippen molar-refractivity contribution in [3.8, 4) is 0 Å². The van der Waals surface area contributed by atoms with Crippen molar-refractivity contribution in [1.82, 2.24) is 10.3 Å². The molecule has 70 valence electrons. The molecule has 0 amide bonds. The van der Waals surface area contributed by atoms with Gasteiger partial charge in [-0.2, -0.15) is 5.10 Å². The Hall–Kier alpha value is -0.830. The molecule has 1 aliphatic rings. The molecule has 1 aliphatic heterocycles. The summed E-state index contributed by atoms with van der Waals surface area (Å²) >= 11 is 0. The molecule has 1 heterocycles. The Balaban J connectivity index is 0.000000561. The molecule has 0 aromatic heterocycles. The average molecular weight is 169 g/mol. The van der Waals surface area contributed by atoms with Crippen molar-refractivity contribution in [3.63, 3.8) is 0 Å². The summed E-state index contributed by atoms with van der Waals surface area (Å²) in [5.74, 6) is 0. The van der Waals surface area contributed by atoms with Gasteiger partial charge in [0.05, 0.1) is 6.54 Å². The van der Waals surface area contributed by atoms with E-state index in [-0.39, 0.29) is 0 Å². The zero-order valence-corrected chi connectivity index (χ0v) is 8.30. The maximum Gasteiger partial charge on any atom is 0.0537 e. The lowest BCUT2D eigenvalue weighted by Crippen LogP contribution is -2.38. The highest BCUT2D eigenvalue weighted by Gasteiger charge is 2.10. The smallest absolute Gasteiger partial charge is 0.0537 e. The molecular formula is C9H19N3. The van der Waals surface area contributed by atoms with Crippen molar-refractivity contribution in [2.45, 2.75) is 20.8 Å². The molecule has 0 unspecified atom stereocenters. The summed E-state index contributed by atoms with van der Waals surface area (Å²) in [6.45, 7) is 12.3. The zero-order chi connectivity index (χ0) is 9.40. The minimum Gasteiger partial charge on any atom is -0.309 e. The van der Waals surface area contributed by atoms with Gasteiger partial charge >= 0.3 is 0 Å². The summed E-state index contributed by atoms with van der Waals surface area (Å²) in [6.07, 6.45) is 2.06. The van der Waals surface area contributed by atoms with Crippen LogP contribution in [-0.2, 0) is 0 Å². The molecule has 0 saturated carbocycles. The quantitative estimate of drug-likeness (QED) is 0.601. The van der Waals surface area contributed by atoms with Crippen molar-refractivity contribution in [2.24, 2.45) is 5.10 Å². The third-order valence-corrected chi connectivity index (χ3v) is 1.64. The van der Waals surface area contributed by atoms with Gasteiger partial charge in [0, 0.05) is 25.5 Å². The van der Waals surface area contributed by atoms with Crippen molar-refractivity contribution >= 4 is 6.72 Å². The van der Waals surface area contributed by atoms with Crippen LogP contribution in [0.15, 0.2) is 16.9 Å². The van der Waals surface area contributed by atoms with Crippen LogP contribution >= 0.6 is 0 Å². The van der Waals surface area contributed by atoms with E-state index in [9.17, 15) is 0 Å². The van der Waals surface area contributed by atoms with Gasteiger partial charge in [0.1, 0.15) is 0 Å². The van der Waals surface area contributed by atoms with Gasteiger partial charge in [0.25, 0.3) is 0 Å². The summed E-state index contributed by atoms with van der Waals surface area (Å²) in [4.78, 5) is 0. The van der Waals surface area contributed by atoms with E-state index in [1.807, 2.05) is 25.8 Å². The van der Waals surface area contributed by atoms with Crippen LogP contribution in [0, 0.1) is 0 Å². The SMILES string of the molecule is C=NN1CCNC/C1=C/C.CC. The molecule has 12 heavy (non-hydrogen) atoms. The molecule has 0 aliphatic carbocycles. The Morgan fingerprint density at radius 1 is 1.58 bits per heavy atom. The lowest BCUT2D eigenvalue weighted by molar-refractivity contribution is 0.318. The van der Waals surface area contributed by atoms with E-state index in [0.29, 0.717) is 0 Å². The lowest BCUT2D eigenvalue weighted by atomic mass is 10.3. The number of hydrazone groups is 1. The third kappa shape index (κ3) is 3.05. The highest BCUT2D eigenvalue weighted by molar-refractivity contribution is 5.24. The monoisotopic (exact) mass is 169 g/mol. The molecule has 1 saturated heterocycles. The average Bonchev–Trinajstić information content (AvgIpc) is 2.20. The van der Waals surface area contributed by atoms with Crippen molar-refractivity contribution in [1.29, 1.82) is 0 Å². The van der Waals surface area contributed by atoms with E-state index >= 15 is 0 Å². The van der Waals surface area contributed by atoms with Crippen LogP contribution in [-0.4, -0.2) is 31.4 Å². The molecule has 0 aromatic rings. The van der Waals surface area contributed by atoms with Gasteiger partial charge in [-0.05, 0) is 6.92 Å². The van der Waals surface area contributed by atoms with Crippen molar-refractivity contribution in [3.05, 3.63) is 11.8 Å². The third-order valence-electron chi connectivity index (χ3n) is 1.64. The second-order valence-corrected chi connectivity index (χ2v) is 2.22. The van der Waals surface area contributed by atoms with Gasteiger partial charge in [-0.1, -0.05) is 19.9 Å². The minimum absolute atomic E-state index is 0.912. The Morgan fingerprint density at radius 3 is 2.67 bits per heavy atom. The molecule has 1 fully saturated rings. The van der Waals surface area contributed by atoms with Gasteiger partial charge in [-0.3, -0.25) is 5.01 Å². The first-order valence-corrected chi connectivity index (χ1v) is 4.48. The zero-order valence-electron chi connectivity index (χ0n) is 8.30. The molecule has 0 aromatic carbocycles. The minimum atomic E-state index is 0.912. The van der Waals surface area contributed by atoms with E-state index in [0.717, 1.165) is 19.6 Å². The number of hydrogen-bond acceptors (Lipinski definition) is 3. The first-order valence-electron chi connectivity index (χ1n) is 4.48. The van der Waals surface area contributed by atoms with Crippen LogP contribution in [0.5, 0.6) is 0 Å². The first kappa shape index (κ1) is 11.2. The molecule has 0 bridgehead atoms. The van der Waals surface area contributed by atoms with Crippen LogP contribution in [0.4, 0.5) is 0 Å². The van der Waals surface area contributed by atoms with E-state index in [4.69, 9.17) is 0 Å². The predicted molar refractivity (Wildman–Crippen MR) is 54.2 cm³/mol. The maximum absolute atomic E-state index is 3.87. The number of allylic oxidation sites excluding steroid dienone is 1. The summed E-state index contributed by atoms with van der Waals surface area (Å²) in [6, 6.07) is 0. The van der Waals surface area contributed by atoms with Gasteiger partial charge in [-0.25, -0.2) is 0 Å². The van der Waals surface area contributed by atoms with Gasteiger partial charge in [0.15, 0.2) is 0 Å². The Bertz CT molecular complexity index is 152. The number of piperazine rings is 1. The van der Waals surface area contributed by atoms with Crippen LogP contribution in [0.25, 0.3) is 0 Å². The predicted octanol–water partition coefficient (Wildman–Crippen LogP) is 1.44. The number of hydrogen-bond donors (Lipinski definition) is 1. The van der Waals surface area contributed by atoms with E-state index in [1.165, 1.54) is 5.70 Å². The van der Waals surface area contributed by atoms with E-state index in [1.54, 1.807) is 0 Å². The lowest BCUT2D eigenvalue weighted by Gasteiger charge is -2.26. The first-order chi connectivity index (χ1) is 5.88. The second-order valence-electron chi connectivity index (χ2n) is 2.22. The van der Waals surface area contributed by atoms with Crippen LogP contribution < -0.4 is 5.32 Å². The topological polar surface area (TPSA) is 27.6 Å². The van der Waals surface area contributed by atoms with Gasteiger partial charge < -0.3 is 5.32 Å². The summed E-state index contributed by atoms with van der Waals surface area (Å²) in [5, 5.41) is 9.05. The molecule has 3 heteroatoms. The van der Waals surface area contributed by atoms with E-state index in [2.05, 4.69) is 23.2 Å². The van der Waals surface area contributed by atoms with Crippen LogP contribution in [0.1, 0.15) is 20.8 Å². The Labute approximate surface area is 75.1 Å². The summed E-state index contributed by atoms with van der Waals surface area (Å²) < 4.78 is 0. The normalized spacial score (nSPS) is 19.9. The molecule has 1 N–H and O–H groups in total. The van der Waals surface area contributed by atoms with E-state index < -0.39 is 0 Å². The maximum atomic E-state index is 3.87. The number of nitrogens with zero attached hydrogens (tertiary/aromatic N) is 2. The fraction of sp³-hybridized carbons (Fsp3) is 0.667. The second kappa shape index (κ2) is 6.85. The Morgan fingerprint density at radius 2 is 2.25 bits per heavy atom. The molecule has 0 spiro atoms. The van der Waals surface area contributed by atoms with Crippen LogP contribution in [0.3, 0.4) is 0 Å². The highest BCUT2D eigenvalue weighted by Crippen LogP contribution is 2.05. The standard InChI is InChI=1S/C7H13N3.C2H6/c1-3-7-6-9-4-5-10(7)8-2;1-2/h3,9H,2,4-6H2,1H3;1-2H3/b7-3-;. The molecule has 0 radical (unpaired) electrons. The fourth-order valence-electron chi connectivity index (χ4n) is 1.05. The van der Waals surface area contributed by atoms with Crippen molar-refractivity contribution < 1.29 is 0 Å².